The number of ether oxygens (including phenoxy) is 1. The number of likely N-dealkylation sites (N-methyl/N-ethyl adjacent to an activating group) is 1. The van der Waals surface area contributed by atoms with Crippen molar-refractivity contribution >= 4 is 0 Å². The molecule has 0 spiro atoms. The molecule has 0 radical (unpaired) electrons. The molecule has 0 saturated heterocycles. The number of nitrogens with one attached hydrogen (secondary N) is 1. The van der Waals surface area contributed by atoms with Gasteiger partial charge in [0.15, 0.2) is 0 Å². The molecular formula is C13H27NO2. The summed E-state index contributed by atoms with van der Waals surface area (Å²) in [5, 5.41) is 12.4. The maximum absolute atomic E-state index is 9.12. The Kier molecular flexibility index (Phi) is 7.01. The van der Waals surface area contributed by atoms with Crippen LogP contribution >= 0.6 is 0 Å². The van der Waals surface area contributed by atoms with Gasteiger partial charge in [-0.2, -0.15) is 0 Å². The molecular weight excluding hydrogens is 202 g/mol. The standard InChI is InChI=1S/C13H27NO2/c1-3-14-12(10-15)7-8-16-13-6-4-5-11(2)9-13/h11-15H,3-10H2,1-2H3. The normalized spacial score (nSPS) is 27.9. The fourth-order valence-corrected chi connectivity index (χ4v) is 2.45. The van der Waals surface area contributed by atoms with Crippen LogP contribution in [0.15, 0.2) is 0 Å². The van der Waals surface area contributed by atoms with Crippen molar-refractivity contribution in [2.24, 2.45) is 5.92 Å². The number of hydrogen-bond acceptors (Lipinski definition) is 3. The molecule has 2 N–H and O–H groups in total. The minimum absolute atomic E-state index is 0.200. The molecule has 1 rings (SSSR count). The first-order valence-corrected chi connectivity index (χ1v) is 6.72. The van der Waals surface area contributed by atoms with Crippen LogP contribution in [0.1, 0.15) is 46.0 Å². The molecule has 0 heterocycles. The van der Waals surface area contributed by atoms with E-state index in [1.807, 2.05) is 0 Å². The molecule has 3 nitrogen and oxygen atoms in total. The first kappa shape index (κ1) is 13.9. The summed E-state index contributed by atoms with van der Waals surface area (Å²) in [6.45, 7) is 6.26. The summed E-state index contributed by atoms with van der Waals surface area (Å²) in [7, 11) is 0. The van der Waals surface area contributed by atoms with Gasteiger partial charge in [-0.05, 0) is 31.7 Å². The fraction of sp³-hybridized carbons (Fsp3) is 1.00. The Labute approximate surface area is 99.6 Å². The van der Waals surface area contributed by atoms with Crippen molar-refractivity contribution < 1.29 is 9.84 Å². The van der Waals surface area contributed by atoms with E-state index in [1.165, 1.54) is 25.7 Å². The first-order chi connectivity index (χ1) is 7.76. The predicted octanol–water partition coefficient (Wildman–Crippen LogP) is 1.94. The third-order valence-electron chi connectivity index (χ3n) is 3.42. The lowest BCUT2D eigenvalue weighted by Gasteiger charge is -2.27. The molecule has 1 aliphatic carbocycles. The van der Waals surface area contributed by atoms with Gasteiger partial charge in [0, 0.05) is 12.6 Å². The molecule has 3 unspecified atom stereocenters. The summed E-state index contributed by atoms with van der Waals surface area (Å²) in [5.74, 6) is 0.821. The lowest BCUT2D eigenvalue weighted by molar-refractivity contribution is 0.00909. The zero-order chi connectivity index (χ0) is 11.8. The Morgan fingerprint density at radius 2 is 2.25 bits per heavy atom. The van der Waals surface area contributed by atoms with E-state index in [9.17, 15) is 0 Å². The highest BCUT2D eigenvalue weighted by Gasteiger charge is 2.19. The van der Waals surface area contributed by atoms with Crippen LogP contribution in [0, 0.1) is 5.92 Å². The van der Waals surface area contributed by atoms with Gasteiger partial charge in [-0.15, -0.1) is 0 Å². The molecule has 3 atom stereocenters. The molecule has 1 aliphatic rings. The summed E-state index contributed by atoms with van der Waals surface area (Å²) in [6.07, 6.45) is 6.47. The molecule has 3 heteroatoms. The van der Waals surface area contributed by atoms with E-state index in [0.29, 0.717) is 6.10 Å². The van der Waals surface area contributed by atoms with Crippen molar-refractivity contribution in [1.29, 1.82) is 0 Å². The van der Waals surface area contributed by atoms with Gasteiger partial charge in [-0.25, -0.2) is 0 Å². The Hall–Kier alpha value is -0.120. The summed E-state index contributed by atoms with van der Waals surface area (Å²) in [5.41, 5.74) is 0. The van der Waals surface area contributed by atoms with E-state index in [1.54, 1.807) is 0 Å². The SMILES string of the molecule is CCNC(CO)CCOC1CCCC(C)C1. The molecule has 0 aliphatic heterocycles. The number of aliphatic hydroxyl groups is 1. The molecule has 0 aromatic rings. The third-order valence-corrected chi connectivity index (χ3v) is 3.42. The molecule has 96 valence electrons. The van der Waals surface area contributed by atoms with E-state index >= 15 is 0 Å². The average Bonchev–Trinajstić information content (AvgIpc) is 2.28. The van der Waals surface area contributed by atoms with Crippen LogP contribution in [-0.4, -0.2) is 37.0 Å². The summed E-state index contributed by atoms with van der Waals surface area (Å²) >= 11 is 0. The second-order valence-electron chi connectivity index (χ2n) is 4.99. The van der Waals surface area contributed by atoms with Gasteiger partial charge < -0.3 is 15.2 Å². The predicted molar refractivity (Wildman–Crippen MR) is 66.5 cm³/mol. The maximum atomic E-state index is 9.12. The van der Waals surface area contributed by atoms with Gasteiger partial charge in [0.25, 0.3) is 0 Å². The van der Waals surface area contributed by atoms with Crippen LogP contribution < -0.4 is 5.32 Å². The van der Waals surface area contributed by atoms with Gasteiger partial charge in [-0.3, -0.25) is 0 Å². The summed E-state index contributed by atoms with van der Waals surface area (Å²) < 4.78 is 5.88. The number of aliphatic hydroxyl groups excluding tert-OH is 1. The van der Waals surface area contributed by atoms with Gasteiger partial charge in [-0.1, -0.05) is 26.7 Å². The third kappa shape index (κ3) is 5.28. The molecule has 16 heavy (non-hydrogen) atoms. The van der Waals surface area contributed by atoms with Crippen LogP contribution in [0.5, 0.6) is 0 Å². The van der Waals surface area contributed by atoms with Crippen molar-refractivity contribution in [2.45, 2.75) is 58.1 Å². The smallest absolute Gasteiger partial charge is 0.0585 e. The number of hydrogen-bond donors (Lipinski definition) is 2. The largest absolute Gasteiger partial charge is 0.395 e. The maximum Gasteiger partial charge on any atom is 0.0585 e. The van der Waals surface area contributed by atoms with Crippen molar-refractivity contribution in [2.75, 3.05) is 19.8 Å². The van der Waals surface area contributed by atoms with Crippen LogP contribution in [0.4, 0.5) is 0 Å². The Bertz CT molecular complexity index is 175. The van der Waals surface area contributed by atoms with Crippen molar-refractivity contribution in [1.82, 2.24) is 5.32 Å². The molecule has 0 aromatic heterocycles. The van der Waals surface area contributed by atoms with Gasteiger partial charge in [0.05, 0.1) is 12.7 Å². The van der Waals surface area contributed by atoms with E-state index < -0.39 is 0 Å². The second-order valence-corrected chi connectivity index (χ2v) is 4.99. The average molecular weight is 229 g/mol. The zero-order valence-electron chi connectivity index (χ0n) is 10.7. The minimum Gasteiger partial charge on any atom is -0.395 e. The van der Waals surface area contributed by atoms with Crippen LogP contribution in [-0.2, 0) is 4.74 Å². The quantitative estimate of drug-likeness (QED) is 0.701. The van der Waals surface area contributed by atoms with E-state index in [4.69, 9.17) is 9.84 Å². The van der Waals surface area contributed by atoms with E-state index in [2.05, 4.69) is 19.2 Å². The van der Waals surface area contributed by atoms with Gasteiger partial charge in [0.1, 0.15) is 0 Å². The van der Waals surface area contributed by atoms with Crippen LogP contribution in [0.2, 0.25) is 0 Å². The molecule has 0 amide bonds. The van der Waals surface area contributed by atoms with Crippen molar-refractivity contribution in [3.63, 3.8) is 0 Å². The minimum atomic E-state index is 0.200. The van der Waals surface area contributed by atoms with E-state index in [0.717, 1.165) is 25.5 Å². The lowest BCUT2D eigenvalue weighted by atomic mass is 9.89. The lowest BCUT2D eigenvalue weighted by Crippen LogP contribution is -2.34. The van der Waals surface area contributed by atoms with Crippen molar-refractivity contribution in [3.05, 3.63) is 0 Å². The highest BCUT2D eigenvalue weighted by molar-refractivity contribution is 4.71. The van der Waals surface area contributed by atoms with Crippen LogP contribution in [0.3, 0.4) is 0 Å². The van der Waals surface area contributed by atoms with Gasteiger partial charge >= 0.3 is 0 Å². The zero-order valence-corrected chi connectivity index (χ0v) is 10.7. The highest BCUT2D eigenvalue weighted by Crippen LogP contribution is 2.25. The highest BCUT2D eigenvalue weighted by atomic mass is 16.5. The number of rotatable bonds is 7. The Morgan fingerprint density at radius 1 is 1.44 bits per heavy atom. The van der Waals surface area contributed by atoms with Gasteiger partial charge in [0.2, 0.25) is 0 Å². The molecule has 0 aromatic carbocycles. The first-order valence-electron chi connectivity index (χ1n) is 6.72. The summed E-state index contributed by atoms with van der Waals surface area (Å²) in [6, 6.07) is 0.200. The Morgan fingerprint density at radius 3 is 2.88 bits per heavy atom. The fourth-order valence-electron chi connectivity index (χ4n) is 2.45. The monoisotopic (exact) mass is 229 g/mol. The molecule has 1 saturated carbocycles. The van der Waals surface area contributed by atoms with Crippen molar-refractivity contribution in [3.8, 4) is 0 Å². The molecule has 1 fully saturated rings. The second kappa shape index (κ2) is 8.04. The van der Waals surface area contributed by atoms with Crippen LogP contribution in [0.25, 0.3) is 0 Å². The topological polar surface area (TPSA) is 41.5 Å². The molecule has 0 bridgehead atoms. The Balaban J connectivity index is 2.09. The van der Waals surface area contributed by atoms with E-state index in [-0.39, 0.29) is 12.6 Å². The summed E-state index contributed by atoms with van der Waals surface area (Å²) in [4.78, 5) is 0.